The minimum atomic E-state index is -1.13. The predicted octanol–water partition coefficient (Wildman–Crippen LogP) is 2.57. The van der Waals surface area contributed by atoms with Crippen molar-refractivity contribution in [2.75, 3.05) is 13.1 Å². The number of hydrogen-bond acceptors (Lipinski definition) is 1. The van der Waals surface area contributed by atoms with Gasteiger partial charge in [-0.2, -0.15) is 0 Å². The fourth-order valence-corrected chi connectivity index (χ4v) is 1.97. The Labute approximate surface area is 90.1 Å². The molecule has 0 aromatic heterocycles. The van der Waals surface area contributed by atoms with Crippen LogP contribution in [0.25, 0.3) is 0 Å². The molecule has 0 saturated carbocycles. The summed E-state index contributed by atoms with van der Waals surface area (Å²) in [5.74, 6) is 0. The van der Waals surface area contributed by atoms with Gasteiger partial charge < -0.3 is 5.32 Å². The van der Waals surface area contributed by atoms with E-state index in [4.69, 9.17) is 0 Å². The normalized spacial score (nSPS) is 25.9. The van der Waals surface area contributed by atoms with Crippen molar-refractivity contribution >= 4 is 12.4 Å². The second-order valence-corrected chi connectivity index (χ2v) is 3.71. The Morgan fingerprint density at radius 2 is 2.07 bits per heavy atom. The number of benzene rings is 1. The van der Waals surface area contributed by atoms with E-state index in [-0.39, 0.29) is 12.4 Å². The van der Waals surface area contributed by atoms with E-state index in [2.05, 4.69) is 5.32 Å². The van der Waals surface area contributed by atoms with E-state index in [1.54, 1.807) is 0 Å². The SMILES string of the molecule is Cc1ccccc1C1(F)CCNC1.Cl. The highest BCUT2D eigenvalue weighted by atomic mass is 35.5. The van der Waals surface area contributed by atoms with Crippen molar-refractivity contribution < 1.29 is 4.39 Å². The highest BCUT2D eigenvalue weighted by Crippen LogP contribution is 2.33. The molecule has 1 aromatic rings. The zero-order chi connectivity index (χ0) is 9.31. The van der Waals surface area contributed by atoms with Gasteiger partial charge in [-0.3, -0.25) is 0 Å². The topological polar surface area (TPSA) is 12.0 Å². The van der Waals surface area contributed by atoms with Crippen molar-refractivity contribution in [3.05, 3.63) is 35.4 Å². The number of alkyl halides is 1. The third-order valence-corrected chi connectivity index (χ3v) is 2.73. The minimum Gasteiger partial charge on any atom is -0.313 e. The molecular formula is C11H15ClFN. The maximum atomic E-state index is 14.2. The fourth-order valence-electron chi connectivity index (χ4n) is 1.97. The summed E-state index contributed by atoms with van der Waals surface area (Å²) in [6.45, 7) is 3.21. The van der Waals surface area contributed by atoms with Crippen LogP contribution in [0.2, 0.25) is 0 Å². The molecule has 1 aromatic carbocycles. The molecule has 2 rings (SSSR count). The number of rotatable bonds is 1. The lowest BCUT2D eigenvalue weighted by Gasteiger charge is -2.20. The predicted molar refractivity (Wildman–Crippen MR) is 58.7 cm³/mol. The van der Waals surface area contributed by atoms with Crippen LogP contribution in [-0.4, -0.2) is 13.1 Å². The smallest absolute Gasteiger partial charge is 0.149 e. The average molecular weight is 216 g/mol. The Morgan fingerprint density at radius 1 is 1.36 bits per heavy atom. The summed E-state index contributed by atoms with van der Waals surface area (Å²) in [6.07, 6.45) is 0.595. The van der Waals surface area contributed by atoms with Crippen LogP contribution in [0.3, 0.4) is 0 Å². The lowest BCUT2D eigenvalue weighted by Crippen LogP contribution is -2.24. The van der Waals surface area contributed by atoms with Gasteiger partial charge in [-0.15, -0.1) is 12.4 Å². The van der Waals surface area contributed by atoms with Gasteiger partial charge in [-0.1, -0.05) is 24.3 Å². The molecule has 78 valence electrons. The fraction of sp³-hybridized carbons (Fsp3) is 0.455. The summed E-state index contributed by atoms with van der Waals surface area (Å²) >= 11 is 0. The molecular weight excluding hydrogens is 201 g/mol. The summed E-state index contributed by atoms with van der Waals surface area (Å²) in [5, 5.41) is 3.06. The number of nitrogens with one attached hydrogen (secondary N) is 1. The van der Waals surface area contributed by atoms with Gasteiger partial charge in [0.05, 0.1) is 0 Å². The first-order valence-corrected chi connectivity index (χ1v) is 4.68. The molecule has 0 radical (unpaired) electrons. The molecule has 0 bridgehead atoms. The van der Waals surface area contributed by atoms with Crippen LogP contribution in [0.15, 0.2) is 24.3 Å². The molecule has 1 nitrogen and oxygen atoms in total. The van der Waals surface area contributed by atoms with Gasteiger partial charge >= 0.3 is 0 Å². The Bertz CT molecular complexity index is 308. The zero-order valence-corrected chi connectivity index (χ0v) is 9.03. The van der Waals surface area contributed by atoms with E-state index < -0.39 is 5.67 Å². The van der Waals surface area contributed by atoms with Gasteiger partial charge in [0.25, 0.3) is 0 Å². The lowest BCUT2D eigenvalue weighted by atomic mass is 9.91. The van der Waals surface area contributed by atoms with E-state index in [1.807, 2.05) is 31.2 Å². The zero-order valence-electron chi connectivity index (χ0n) is 8.22. The van der Waals surface area contributed by atoms with Crippen LogP contribution in [0.1, 0.15) is 17.5 Å². The van der Waals surface area contributed by atoms with Crippen LogP contribution < -0.4 is 5.32 Å². The molecule has 1 fully saturated rings. The molecule has 0 spiro atoms. The number of aryl methyl sites for hydroxylation is 1. The highest BCUT2D eigenvalue weighted by molar-refractivity contribution is 5.85. The summed E-state index contributed by atoms with van der Waals surface area (Å²) < 4.78 is 14.2. The highest BCUT2D eigenvalue weighted by Gasteiger charge is 2.36. The van der Waals surface area contributed by atoms with E-state index in [1.165, 1.54) is 0 Å². The van der Waals surface area contributed by atoms with Crippen LogP contribution in [0.4, 0.5) is 4.39 Å². The van der Waals surface area contributed by atoms with Crippen molar-refractivity contribution in [2.24, 2.45) is 0 Å². The summed E-state index contributed by atoms with van der Waals surface area (Å²) in [6, 6.07) is 7.71. The average Bonchev–Trinajstić information content (AvgIpc) is 2.54. The number of halogens is 2. The Hall–Kier alpha value is -0.600. The monoisotopic (exact) mass is 215 g/mol. The quantitative estimate of drug-likeness (QED) is 0.760. The van der Waals surface area contributed by atoms with Gasteiger partial charge in [-0.05, 0) is 31.0 Å². The summed E-state index contributed by atoms with van der Waals surface area (Å²) in [4.78, 5) is 0. The third kappa shape index (κ3) is 1.91. The second-order valence-electron chi connectivity index (χ2n) is 3.71. The van der Waals surface area contributed by atoms with Crippen molar-refractivity contribution in [2.45, 2.75) is 19.0 Å². The molecule has 14 heavy (non-hydrogen) atoms. The Kier molecular flexibility index (Phi) is 3.51. The maximum Gasteiger partial charge on any atom is 0.149 e. The van der Waals surface area contributed by atoms with Crippen LogP contribution in [0.5, 0.6) is 0 Å². The maximum absolute atomic E-state index is 14.2. The van der Waals surface area contributed by atoms with Crippen molar-refractivity contribution in [3.8, 4) is 0 Å². The largest absolute Gasteiger partial charge is 0.313 e. The summed E-state index contributed by atoms with van der Waals surface area (Å²) in [7, 11) is 0. The molecule has 1 N–H and O–H groups in total. The third-order valence-electron chi connectivity index (χ3n) is 2.73. The van der Waals surface area contributed by atoms with Gasteiger partial charge in [0.15, 0.2) is 0 Å². The van der Waals surface area contributed by atoms with Gasteiger partial charge in [0, 0.05) is 6.54 Å². The van der Waals surface area contributed by atoms with E-state index in [0.29, 0.717) is 13.0 Å². The van der Waals surface area contributed by atoms with Gasteiger partial charge in [0.1, 0.15) is 5.67 Å². The van der Waals surface area contributed by atoms with Crippen LogP contribution in [0, 0.1) is 6.92 Å². The lowest BCUT2D eigenvalue weighted by molar-refractivity contribution is 0.192. The Balaban J connectivity index is 0.000000980. The van der Waals surface area contributed by atoms with Gasteiger partial charge in [-0.25, -0.2) is 4.39 Å². The molecule has 1 atom stereocenters. The minimum absolute atomic E-state index is 0. The van der Waals surface area contributed by atoms with Crippen LogP contribution in [-0.2, 0) is 5.67 Å². The standard InChI is InChI=1S/C11H14FN.ClH/c1-9-4-2-3-5-10(9)11(12)6-7-13-8-11;/h2-5,13H,6-8H2,1H3;1H. The van der Waals surface area contributed by atoms with E-state index in [9.17, 15) is 4.39 Å². The first-order valence-electron chi connectivity index (χ1n) is 4.68. The van der Waals surface area contributed by atoms with E-state index in [0.717, 1.165) is 17.7 Å². The Morgan fingerprint density at radius 3 is 2.64 bits per heavy atom. The van der Waals surface area contributed by atoms with Crippen molar-refractivity contribution in [3.63, 3.8) is 0 Å². The molecule has 1 saturated heterocycles. The molecule has 1 heterocycles. The molecule has 3 heteroatoms. The second kappa shape index (κ2) is 4.28. The summed E-state index contributed by atoms with van der Waals surface area (Å²) in [5.41, 5.74) is 0.763. The van der Waals surface area contributed by atoms with Gasteiger partial charge in [0.2, 0.25) is 0 Å². The number of hydrogen-bond donors (Lipinski definition) is 1. The molecule has 1 aliphatic heterocycles. The molecule has 1 aliphatic rings. The molecule has 0 amide bonds. The first kappa shape index (κ1) is 11.5. The molecule has 0 aliphatic carbocycles. The van der Waals surface area contributed by atoms with Crippen molar-refractivity contribution in [1.82, 2.24) is 5.32 Å². The van der Waals surface area contributed by atoms with Crippen molar-refractivity contribution in [1.29, 1.82) is 0 Å². The van der Waals surface area contributed by atoms with Crippen LogP contribution >= 0.6 is 12.4 Å². The first-order chi connectivity index (χ1) is 6.22. The molecule has 1 unspecified atom stereocenters. The van der Waals surface area contributed by atoms with E-state index >= 15 is 0 Å².